The summed E-state index contributed by atoms with van der Waals surface area (Å²) in [5.74, 6) is 0. The Morgan fingerprint density at radius 1 is 1.13 bits per heavy atom. The van der Waals surface area contributed by atoms with Crippen molar-refractivity contribution in [1.29, 1.82) is 0 Å². The van der Waals surface area contributed by atoms with Crippen molar-refractivity contribution < 1.29 is 4.74 Å². The molecule has 0 aromatic rings. The van der Waals surface area contributed by atoms with Gasteiger partial charge in [-0.05, 0) is 39.0 Å². The lowest BCUT2D eigenvalue weighted by Gasteiger charge is -2.33. The van der Waals surface area contributed by atoms with E-state index in [1.165, 1.54) is 32.1 Å². The molecule has 0 bridgehead atoms. The molecule has 1 aliphatic rings. The Hall–Kier alpha value is -0.0800. The second-order valence-electron chi connectivity index (χ2n) is 4.87. The Morgan fingerprint density at radius 2 is 1.73 bits per heavy atom. The van der Waals surface area contributed by atoms with Gasteiger partial charge in [0.1, 0.15) is 0 Å². The molecule has 2 heteroatoms. The standard InChI is InChI=1S/C13H27NO/c1-5-13(6-2,7-3)14-10-12-9-8-11(4)15-12/h11-12,14H,5-10H2,1-4H3. The molecule has 1 rings (SSSR count). The van der Waals surface area contributed by atoms with Crippen LogP contribution >= 0.6 is 0 Å². The highest BCUT2D eigenvalue weighted by molar-refractivity contribution is 4.86. The van der Waals surface area contributed by atoms with Gasteiger partial charge in [0.25, 0.3) is 0 Å². The van der Waals surface area contributed by atoms with Gasteiger partial charge in [-0.15, -0.1) is 0 Å². The van der Waals surface area contributed by atoms with Crippen LogP contribution in [0.5, 0.6) is 0 Å². The predicted octanol–water partition coefficient (Wildman–Crippen LogP) is 3.11. The molecule has 1 aliphatic heterocycles. The molecule has 2 nitrogen and oxygen atoms in total. The van der Waals surface area contributed by atoms with Crippen LogP contribution in [0.2, 0.25) is 0 Å². The molecule has 1 fully saturated rings. The van der Waals surface area contributed by atoms with Gasteiger partial charge in [-0.2, -0.15) is 0 Å². The van der Waals surface area contributed by atoms with Crippen molar-refractivity contribution in [2.75, 3.05) is 6.54 Å². The second kappa shape index (κ2) is 5.86. The maximum absolute atomic E-state index is 5.83. The van der Waals surface area contributed by atoms with Crippen LogP contribution in [-0.4, -0.2) is 24.3 Å². The molecule has 0 spiro atoms. The summed E-state index contributed by atoms with van der Waals surface area (Å²) in [6.45, 7) is 10.0. The van der Waals surface area contributed by atoms with E-state index in [9.17, 15) is 0 Å². The number of nitrogens with one attached hydrogen (secondary N) is 1. The predicted molar refractivity (Wildman–Crippen MR) is 65.2 cm³/mol. The van der Waals surface area contributed by atoms with Crippen molar-refractivity contribution in [1.82, 2.24) is 5.32 Å². The fourth-order valence-corrected chi connectivity index (χ4v) is 2.49. The van der Waals surface area contributed by atoms with Gasteiger partial charge in [-0.25, -0.2) is 0 Å². The largest absolute Gasteiger partial charge is 0.374 e. The lowest BCUT2D eigenvalue weighted by molar-refractivity contribution is 0.0493. The van der Waals surface area contributed by atoms with E-state index in [2.05, 4.69) is 33.0 Å². The van der Waals surface area contributed by atoms with E-state index in [4.69, 9.17) is 4.74 Å². The van der Waals surface area contributed by atoms with Crippen LogP contribution in [0.4, 0.5) is 0 Å². The summed E-state index contributed by atoms with van der Waals surface area (Å²) in [5, 5.41) is 3.72. The molecule has 1 N–H and O–H groups in total. The summed E-state index contributed by atoms with van der Waals surface area (Å²) in [7, 11) is 0. The molecule has 0 saturated carbocycles. The van der Waals surface area contributed by atoms with E-state index in [-0.39, 0.29) is 0 Å². The molecular weight excluding hydrogens is 186 g/mol. The molecule has 90 valence electrons. The minimum Gasteiger partial charge on any atom is -0.374 e. The van der Waals surface area contributed by atoms with E-state index < -0.39 is 0 Å². The summed E-state index contributed by atoms with van der Waals surface area (Å²) < 4.78 is 5.83. The van der Waals surface area contributed by atoms with Crippen molar-refractivity contribution >= 4 is 0 Å². The van der Waals surface area contributed by atoms with E-state index in [1.807, 2.05) is 0 Å². The molecule has 1 heterocycles. The minimum absolute atomic E-state index is 0.342. The minimum atomic E-state index is 0.342. The Labute approximate surface area is 94.8 Å². The first-order chi connectivity index (χ1) is 7.15. The smallest absolute Gasteiger partial charge is 0.0704 e. The van der Waals surface area contributed by atoms with Gasteiger partial charge in [0.15, 0.2) is 0 Å². The topological polar surface area (TPSA) is 21.3 Å². The lowest BCUT2D eigenvalue weighted by atomic mass is 9.89. The first-order valence-electron chi connectivity index (χ1n) is 6.56. The Balaban J connectivity index is 2.33. The fraction of sp³-hybridized carbons (Fsp3) is 1.00. The lowest BCUT2D eigenvalue weighted by Crippen LogP contribution is -2.46. The average molecular weight is 213 g/mol. The van der Waals surface area contributed by atoms with Gasteiger partial charge in [0.2, 0.25) is 0 Å². The van der Waals surface area contributed by atoms with Crippen molar-refractivity contribution in [3.63, 3.8) is 0 Å². The van der Waals surface area contributed by atoms with Gasteiger partial charge in [-0.1, -0.05) is 20.8 Å². The van der Waals surface area contributed by atoms with Crippen LogP contribution in [0.1, 0.15) is 59.8 Å². The van der Waals surface area contributed by atoms with Gasteiger partial charge >= 0.3 is 0 Å². The van der Waals surface area contributed by atoms with Crippen molar-refractivity contribution in [2.45, 2.75) is 77.5 Å². The zero-order valence-corrected chi connectivity index (χ0v) is 10.8. The Kier molecular flexibility index (Phi) is 5.07. The molecule has 0 aliphatic carbocycles. The zero-order chi connectivity index (χ0) is 11.3. The Morgan fingerprint density at radius 3 is 2.13 bits per heavy atom. The van der Waals surface area contributed by atoms with E-state index in [0.717, 1.165) is 6.54 Å². The highest BCUT2D eigenvalue weighted by atomic mass is 16.5. The molecule has 1 saturated heterocycles. The summed E-state index contributed by atoms with van der Waals surface area (Å²) in [4.78, 5) is 0. The number of ether oxygens (including phenoxy) is 1. The highest BCUT2D eigenvalue weighted by Gasteiger charge is 2.27. The van der Waals surface area contributed by atoms with Crippen molar-refractivity contribution in [3.8, 4) is 0 Å². The first-order valence-corrected chi connectivity index (χ1v) is 6.56. The van der Waals surface area contributed by atoms with E-state index >= 15 is 0 Å². The van der Waals surface area contributed by atoms with Gasteiger partial charge in [0.05, 0.1) is 12.2 Å². The zero-order valence-electron chi connectivity index (χ0n) is 10.8. The summed E-state index contributed by atoms with van der Waals surface area (Å²) >= 11 is 0. The summed E-state index contributed by atoms with van der Waals surface area (Å²) in [6, 6.07) is 0. The summed E-state index contributed by atoms with van der Waals surface area (Å²) in [5.41, 5.74) is 0.342. The first kappa shape index (κ1) is 13.0. The van der Waals surface area contributed by atoms with Crippen LogP contribution in [0.15, 0.2) is 0 Å². The molecule has 0 aromatic heterocycles. The summed E-state index contributed by atoms with van der Waals surface area (Å²) in [6.07, 6.45) is 7.00. The van der Waals surface area contributed by atoms with E-state index in [1.54, 1.807) is 0 Å². The third kappa shape index (κ3) is 3.46. The van der Waals surface area contributed by atoms with Crippen molar-refractivity contribution in [3.05, 3.63) is 0 Å². The Bertz CT molecular complexity index is 169. The monoisotopic (exact) mass is 213 g/mol. The molecule has 15 heavy (non-hydrogen) atoms. The number of rotatable bonds is 6. The van der Waals surface area contributed by atoms with E-state index in [0.29, 0.717) is 17.7 Å². The molecule has 2 atom stereocenters. The van der Waals surface area contributed by atoms with Gasteiger partial charge < -0.3 is 10.1 Å². The number of hydrogen-bond acceptors (Lipinski definition) is 2. The third-order valence-electron chi connectivity index (χ3n) is 4.05. The SMILES string of the molecule is CCC(CC)(CC)NCC1CCC(C)O1. The van der Waals surface area contributed by atoms with Crippen LogP contribution in [0, 0.1) is 0 Å². The molecule has 0 radical (unpaired) electrons. The van der Waals surface area contributed by atoms with Crippen LogP contribution in [0.25, 0.3) is 0 Å². The maximum Gasteiger partial charge on any atom is 0.0704 e. The van der Waals surface area contributed by atoms with Crippen LogP contribution in [0.3, 0.4) is 0 Å². The highest BCUT2D eigenvalue weighted by Crippen LogP contribution is 2.22. The molecule has 0 amide bonds. The quantitative estimate of drug-likeness (QED) is 0.732. The van der Waals surface area contributed by atoms with Crippen LogP contribution in [-0.2, 0) is 4.74 Å². The second-order valence-corrected chi connectivity index (χ2v) is 4.87. The average Bonchev–Trinajstić information content (AvgIpc) is 2.67. The van der Waals surface area contributed by atoms with Crippen molar-refractivity contribution in [2.24, 2.45) is 0 Å². The molecular formula is C13H27NO. The maximum atomic E-state index is 5.83. The third-order valence-corrected chi connectivity index (χ3v) is 4.05. The van der Waals surface area contributed by atoms with Crippen LogP contribution < -0.4 is 5.32 Å². The number of hydrogen-bond donors (Lipinski definition) is 1. The normalized spacial score (nSPS) is 27.2. The van der Waals surface area contributed by atoms with Gasteiger partial charge in [0, 0.05) is 12.1 Å². The fourth-order valence-electron chi connectivity index (χ4n) is 2.49. The van der Waals surface area contributed by atoms with Gasteiger partial charge in [-0.3, -0.25) is 0 Å². The molecule has 0 aromatic carbocycles. The molecule has 2 unspecified atom stereocenters.